The van der Waals surface area contributed by atoms with E-state index in [0.717, 1.165) is 12.1 Å². The number of piperidine rings is 1. The Kier molecular flexibility index (Phi) is 6.68. The molecule has 5 heterocycles. The predicted octanol–water partition coefficient (Wildman–Crippen LogP) is 1.42. The van der Waals surface area contributed by atoms with Crippen LogP contribution in [0.25, 0.3) is 0 Å². The zero-order chi connectivity index (χ0) is 30.9. The number of nitrogens with zero attached hydrogens (tertiary/aromatic N) is 4. The van der Waals surface area contributed by atoms with E-state index in [1.807, 2.05) is 0 Å². The smallest absolute Gasteiger partial charge is 0.315 e. The highest BCUT2D eigenvalue weighted by Crippen LogP contribution is 2.49. The van der Waals surface area contributed by atoms with Gasteiger partial charge in [-0.1, -0.05) is 18.2 Å². The number of hydrogen-bond acceptors (Lipinski definition) is 8. The zero-order valence-electron chi connectivity index (χ0n) is 24.2. The molecule has 13 nitrogen and oxygen atoms in total. The first kappa shape index (κ1) is 28.1. The van der Waals surface area contributed by atoms with Crippen molar-refractivity contribution in [3.05, 3.63) is 86.5 Å². The molecule has 4 aliphatic heterocycles. The van der Waals surface area contributed by atoms with E-state index in [4.69, 9.17) is 9.47 Å². The van der Waals surface area contributed by atoms with E-state index in [1.165, 1.54) is 20.3 Å². The summed E-state index contributed by atoms with van der Waals surface area (Å²) in [5.74, 6) is -0.119. The summed E-state index contributed by atoms with van der Waals surface area (Å²) >= 11 is 0. The summed E-state index contributed by atoms with van der Waals surface area (Å²) in [5, 5.41) is 19.6. The topological polar surface area (TPSA) is 149 Å². The summed E-state index contributed by atoms with van der Waals surface area (Å²) in [6, 6.07) is 13.4. The van der Waals surface area contributed by atoms with Gasteiger partial charge in [-0.25, -0.2) is 5.21 Å². The Balaban J connectivity index is 1.16. The van der Waals surface area contributed by atoms with Crippen molar-refractivity contribution in [1.82, 2.24) is 14.4 Å². The summed E-state index contributed by atoms with van der Waals surface area (Å²) in [6.07, 6.45) is 0.0905. The van der Waals surface area contributed by atoms with Crippen molar-refractivity contribution in [2.45, 2.75) is 31.5 Å². The lowest BCUT2D eigenvalue weighted by Gasteiger charge is -2.43. The number of carbonyl (C=O) groups excluding carboxylic acids is 3. The van der Waals surface area contributed by atoms with E-state index in [-0.39, 0.29) is 48.2 Å². The normalized spacial score (nSPS) is 22.2. The van der Waals surface area contributed by atoms with Crippen LogP contribution in [0.2, 0.25) is 0 Å². The number of carbonyl (C=O) groups is 3. The molecule has 0 radical (unpaired) electrons. The molecule has 1 fully saturated rings. The van der Waals surface area contributed by atoms with Crippen molar-refractivity contribution in [2.75, 3.05) is 38.8 Å². The number of quaternary nitrogens is 1. The van der Waals surface area contributed by atoms with E-state index in [1.54, 1.807) is 61.7 Å². The van der Waals surface area contributed by atoms with Crippen LogP contribution in [0.15, 0.2) is 53.3 Å². The first-order valence-electron chi connectivity index (χ1n) is 14.5. The number of nitrogens with one attached hydrogen (secondary N) is 1. The van der Waals surface area contributed by atoms with Crippen molar-refractivity contribution in [3.8, 4) is 11.5 Å². The van der Waals surface area contributed by atoms with Crippen molar-refractivity contribution >= 4 is 29.1 Å². The number of fused-ring (bicyclic) bond motifs is 9. The van der Waals surface area contributed by atoms with Crippen LogP contribution in [0.1, 0.15) is 56.9 Å². The first-order valence-corrected chi connectivity index (χ1v) is 14.5. The first-order chi connectivity index (χ1) is 21.2. The molecule has 2 N–H and O–H groups in total. The maximum absolute atomic E-state index is 13.9. The molecule has 3 aromatic rings. The summed E-state index contributed by atoms with van der Waals surface area (Å²) in [4.78, 5) is 59.2. The van der Waals surface area contributed by atoms with Gasteiger partial charge in [0.05, 0.1) is 31.0 Å². The number of amides is 3. The number of methoxy groups -OCH3 is 2. The molecule has 2 aromatic carbocycles. The van der Waals surface area contributed by atoms with E-state index in [9.17, 15) is 29.6 Å². The van der Waals surface area contributed by atoms with Gasteiger partial charge in [-0.3, -0.25) is 24.1 Å². The number of pyridine rings is 1. The molecule has 3 amide bonds. The summed E-state index contributed by atoms with van der Waals surface area (Å²) in [7, 11) is 2.96. The maximum Gasteiger partial charge on any atom is 0.315 e. The molecule has 1 aromatic heterocycles. The highest BCUT2D eigenvalue weighted by molar-refractivity contribution is 6.18. The lowest BCUT2D eigenvalue weighted by Crippen LogP contribution is -3.00. The number of para-hydroxylation sites is 1. The highest BCUT2D eigenvalue weighted by atomic mass is 16.8. The second-order valence-electron chi connectivity index (χ2n) is 11.6. The van der Waals surface area contributed by atoms with Crippen LogP contribution in [0, 0.1) is 11.1 Å². The molecule has 1 saturated heterocycles. The minimum atomic E-state index is -1.25. The third kappa shape index (κ3) is 4.11. The average molecular weight is 602 g/mol. The van der Waals surface area contributed by atoms with Gasteiger partial charge in [-0.2, -0.15) is 5.23 Å². The van der Waals surface area contributed by atoms with Crippen LogP contribution >= 0.6 is 0 Å². The maximum atomic E-state index is 13.9. The summed E-state index contributed by atoms with van der Waals surface area (Å²) in [5.41, 5.74) is 1.75. The molecule has 0 saturated carbocycles. The van der Waals surface area contributed by atoms with Gasteiger partial charge in [-0.15, -0.1) is 0 Å². The Morgan fingerprint density at radius 2 is 1.80 bits per heavy atom. The largest absolute Gasteiger partial charge is 0.595 e. The third-order valence-electron chi connectivity index (χ3n) is 9.24. The number of benzene rings is 2. The standard InChI is InChI=1S/C31H31N5O8/c1-43-24-10-7-20-26(27(24)44-2)31(40)35-22-6-4-3-5-19(22)29(38)33(28(20)35)12-11-25(37)32-14-17-13-18(16-32)21-8-9-23(36(41)42)30(39)34(21)15-17/h3-10,17-18,28,36,41H,11-16H2,1-2H3/t17-,18+,28?/m1/s1. The van der Waals surface area contributed by atoms with Gasteiger partial charge >= 0.3 is 5.56 Å². The number of likely N-dealkylation sites (tertiary alicyclic amines) is 1. The Labute approximate surface area is 251 Å². The molecule has 2 unspecified atom stereocenters. The molecule has 7 rings (SSSR count). The monoisotopic (exact) mass is 601 g/mol. The Morgan fingerprint density at radius 3 is 2.55 bits per heavy atom. The van der Waals surface area contributed by atoms with Gasteiger partial charge < -0.3 is 29.0 Å². The molecule has 4 atom stereocenters. The summed E-state index contributed by atoms with van der Waals surface area (Å²) < 4.78 is 12.6. The van der Waals surface area contributed by atoms with Gasteiger partial charge in [0.1, 0.15) is 6.17 Å². The van der Waals surface area contributed by atoms with Crippen LogP contribution in [-0.4, -0.2) is 71.1 Å². The summed E-state index contributed by atoms with van der Waals surface area (Å²) in [6.45, 7) is 1.26. The third-order valence-corrected chi connectivity index (χ3v) is 9.24. The zero-order valence-corrected chi connectivity index (χ0v) is 24.2. The quantitative estimate of drug-likeness (QED) is 0.403. The average Bonchev–Trinajstić information content (AvgIpc) is 3.32. The van der Waals surface area contributed by atoms with E-state index < -0.39 is 17.0 Å². The molecule has 228 valence electrons. The molecular formula is C31H31N5O8. The number of hydrogen-bond donors (Lipinski definition) is 2. The second kappa shape index (κ2) is 10.5. The van der Waals surface area contributed by atoms with Gasteiger partial charge in [0.25, 0.3) is 11.8 Å². The number of rotatable bonds is 6. The van der Waals surface area contributed by atoms with Crippen LogP contribution in [0.3, 0.4) is 0 Å². The van der Waals surface area contributed by atoms with E-state index in [2.05, 4.69) is 0 Å². The predicted molar refractivity (Wildman–Crippen MR) is 155 cm³/mol. The second-order valence-corrected chi connectivity index (χ2v) is 11.6. The van der Waals surface area contributed by atoms with Gasteiger partial charge in [0, 0.05) is 55.8 Å². The SMILES string of the molecule is COc1ccc2c(c1OC)C(=O)N1c3ccccc3C(=O)N(CCC(=O)N3C[C@H]4C[C@@H](C3)c3ccc([NH+]([O-])O)c(=O)n3C4)C21. The Hall–Kier alpha value is -4.72. The van der Waals surface area contributed by atoms with Crippen molar-refractivity contribution in [2.24, 2.45) is 5.92 Å². The molecule has 13 heteroatoms. The van der Waals surface area contributed by atoms with Crippen molar-refractivity contribution in [1.29, 1.82) is 0 Å². The number of aromatic nitrogens is 1. The number of anilines is 1. The van der Waals surface area contributed by atoms with Crippen LogP contribution in [-0.2, 0) is 11.3 Å². The van der Waals surface area contributed by atoms with Crippen LogP contribution in [0.5, 0.6) is 11.5 Å². The molecule has 2 bridgehead atoms. The van der Waals surface area contributed by atoms with E-state index in [0.29, 0.717) is 53.5 Å². The fraction of sp³-hybridized carbons (Fsp3) is 0.355. The van der Waals surface area contributed by atoms with E-state index >= 15 is 0 Å². The van der Waals surface area contributed by atoms with Crippen LogP contribution < -0.4 is 25.2 Å². The minimum Gasteiger partial charge on any atom is -0.595 e. The molecular weight excluding hydrogens is 570 g/mol. The molecule has 0 aliphatic carbocycles. The fourth-order valence-electron chi connectivity index (χ4n) is 7.34. The van der Waals surface area contributed by atoms with Gasteiger partial charge in [-0.05, 0) is 36.6 Å². The molecule has 44 heavy (non-hydrogen) atoms. The lowest BCUT2D eigenvalue weighted by atomic mass is 9.83. The Bertz CT molecular complexity index is 1770. The van der Waals surface area contributed by atoms with Crippen molar-refractivity contribution in [3.63, 3.8) is 0 Å². The highest BCUT2D eigenvalue weighted by Gasteiger charge is 2.49. The Morgan fingerprint density at radius 1 is 1.00 bits per heavy atom. The van der Waals surface area contributed by atoms with Crippen LogP contribution in [0.4, 0.5) is 11.4 Å². The fourth-order valence-corrected chi connectivity index (χ4v) is 7.34. The van der Waals surface area contributed by atoms with Gasteiger partial charge in [0.2, 0.25) is 11.6 Å². The van der Waals surface area contributed by atoms with Gasteiger partial charge in [0.15, 0.2) is 11.5 Å². The minimum absolute atomic E-state index is 0.00714. The van der Waals surface area contributed by atoms with Crippen molar-refractivity contribution < 1.29 is 34.3 Å². The lowest BCUT2D eigenvalue weighted by molar-refractivity contribution is -0.992. The molecule has 0 spiro atoms. The molecule has 4 aliphatic rings. The number of ether oxygens (including phenoxy) is 2.